The molecule has 0 saturated carbocycles. The van der Waals surface area contributed by atoms with Crippen LogP contribution < -0.4 is 5.73 Å². The standard InChI is InChI=1S/C11H13NO2/c1-6-4-8-7(2-3-10(8)12)9(5-6)11(13)14/h4-5,10H,2-3,12H2,1H3,(H,13,14)/t10-/m1/s1. The molecule has 0 radical (unpaired) electrons. The van der Waals surface area contributed by atoms with E-state index in [-0.39, 0.29) is 6.04 Å². The molecule has 0 amide bonds. The Morgan fingerprint density at radius 3 is 2.93 bits per heavy atom. The largest absolute Gasteiger partial charge is 0.478 e. The van der Waals surface area contributed by atoms with Crippen LogP contribution in [-0.2, 0) is 6.42 Å². The fraction of sp³-hybridized carbons (Fsp3) is 0.364. The molecule has 1 aromatic rings. The van der Waals surface area contributed by atoms with Crippen molar-refractivity contribution in [2.24, 2.45) is 5.73 Å². The van der Waals surface area contributed by atoms with Crippen LogP contribution in [0, 0.1) is 6.92 Å². The highest BCUT2D eigenvalue weighted by Crippen LogP contribution is 2.32. The van der Waals surface area contributed by atoms with Gasteiger partial charge in [-0.25, -0.2) is 4.79 Å². The fourth-order valence-corrected chi connectivity index (χ4v) is 2.10. The molecule has 1 aliphatic carbocycles. The van der Waals surface area contributed by atoms with Crippen molar-refractivity contribution < 1.29 is 9.90 Å². The average molecular weight is 191 g/mol. The van der Waals surface area contributed by atoms with Crippen LogP contribution in [0.5, 0.6) is 0 Å². The van der Waals surface area contributed by atoms with Gasteiger partial charge in [0.2, 0.25) is 0 Å². The van der Waals surface area contributed by atoms with E-state index >= 15 is 0 Å². The van der Waals surface area contributed by atoms with Gasteiger partial charge in [0.15, 0.2) is 0 Å². The van der Waals surface area contributed by atoms with Gasteiger partial charge in [0.05, 0.1) is 5.56 Å². The summed E-state index contributed by atoms with van der Waals surface area (Å²) in [5.74, 6) is -0.848. The summed E-state index contributed by atoms with van der Waals surface area (Å²) in [5, 5.41) is 9.02. The van der Waals surface area contributed by atoms with Crippen LogP contribution in [0.1, 0.15) is 39.5 Å². The Morgan fingerprint density at radius 1 is 1.57 bits per heavy atom. The maximum atomic E-state index is 11.0. The van der Waals surface area contributed by atoms with E-state index < -0.39 is 5.97 Å². The molecule has 3 nitrogen and oxygen atoms in total. The number of aryl methyl sites for hydroxylation is 1. The van der Waals surface area contributed by atoms with Gasteiger partial charge in [-0.15, -0.1) is 0 Å². The molecule has 1 atom stereocenters. The van der Waals surface area contributed by atoms with Crippen molar-refractivity contribution in [1.82, 2.24) is 0 Å². The molecule has 1 aliphatic rings. The third-order valence-corrected chi connectivity index (χ3v) is 2.76. The lowest BCUT2D eigenvalue weighted by Crippen LogP contribution is -2.07. The molecule has 1 aromatic carbocycles. The van der Waals surface area contributed by atoms with Crippen LogP contribution in [0.15, 0.2) is 12.1 Å². The topological polar surface area (TPSA) is 63.3 Å². The Hall–Kier alpha value is -1.35. The summed E-state index contributed by atoms with van der Waals surface area (Å²) < 4.78 is 0. The van der Waals surface area contributed by atoms with E-state index in [1.165, 1.54) is 0 Å². The number of fused-ring (bicyclic) bond motifs is 1. The Balaban J connectivity index is 2.63. The van der Waals surface area contributed by atoms with Gasteiger partial charge in [-0.2, -0.15) is 0 Å². The second-order valence-electron chi connectivity index (χ2n) is 3.83. The summed E-state index contributed by atoms with van der Waals surface area (Å²) in [6.45, 7) is 1.90. The van der Waals surface area contributed by atoms with E-state index in [0.717, 1.165) is 29.5 Å². The summed E-state index contributed by atoms with van der Waals surface area (Å²) in [6.07, 6.45) is 1.65. The number of aromatic carboxylic acids is 1. The van der Waals surface area contributed by atoms with Crippen molar-refractivity contribution in [3.05, 3.63) is 34.4 Å². The van der Waals surface area contributed by atoms with E-state index in [9.17, 15) is 4.79 Å². The number of carbonyl (C=O) groups is 1. The molecule has 2 rings (SSSR count). The van der Waals surface area contributed by atoms with Gasteiger partial charge in [0, 0.05) is 6.04 Å². The lowest BCUT2D eigenvalue weighted by Gasteiger charge is -2.08. The van der Waals surface area contributed by atoms with Crippen LogP contribution >= 0.6 is 0 Å². The molecule has 14 heavy (non-hydrogen) atoms. The Morgan fingerprint density at radius 2 is 2.29 bits per heavy atom. The number of nitrogens with two attached hydrogens (primary N) is 1. The quantitative estimate of drug-likeness (QED) is 0.709. The second-order valence-corrected chi connectivity index (χ2v) is 3.83. The molecular weight excluding hydrogens is 178 g/mol. The highest BCUT2D eigenvalue weighted by atomic mass is 16.4. The maximum Gasteiger partial charge on any atom is 0.335 e. The lowest BCUT2D eigenvalue weighted by molar-refractivity contribution is 0.0695. The summed E-state index contributed by atoms with van der Waals surface area (Å²) in [7, 11) is 0. The molecule has 0 aliphatic heterocycles. The first-order chi connectivity index (χ1) is 6.59. The Labute approximate surface area is 82.5 Å². The normalized spacial score (nSPS) is 19.4. The van der Waals surface area contributed by atoms with Crippen molar-refractivity contribution in [2.75, 3.05) is 0 Å². The van der Waals surface area contributed by atoms with E-state index in [4.69, 9.17) is 10.8 Å². The van der Waals surface area contributed by atoms with Crippen LogP contribution in [0.25, 0.3) is 0 Å². The highest BCUT2D eigenvalue weighted by molar-refractivity contribution is 5.90. The Bertz CT molecular complexity index is 399. The zero-order valence-electron chi connectivity index (χ0n) is 8.08. The second kappa shape index (κ2) is 3.10. The smallest absolute Gasteiger partial charge is 0.335 e. The fourth-order valence-electron chi connectivity index (χ4n) is 2.10. The third kappa shape index (κ3) is 1.30. The number of benzene rings is 1. The molecule has 0 unspecified atom stereocenters. The minimum Gasteiger partial charge on any atom is -0.478 e. The minimum absolute atomic E-state index is 0.0167. The minimum atomic E-state index is -0.848. The monoisotopic (exact) mass is 191 g/mol. The van der Waals surface area contributed by atoms with Crippen LogP contribution in [-0.4, -0.2) is 11.1 Å². The van der Waals surface area contributed by atoms with Gasteiger partial charge in [-0.1, -0.05) is 6.07 Å². The van der Waals surface area contributed by atoms with Crippen molar-refractivity contribution >= 4 is 5.97 Å². The summed E-state index contributed by atoms with van der Waals surface area (Å²) in [5.41, 5.74) is 9.23. The highest BCUT2D eigenvalue weighted by Gasteiger charge is 2.24. The molecular formula is C11H13NO2. The SMILES string of the molecule is Cc1cc(C(=O)O)c2c(c1)[C@H](N)CC2. The van der Waals surface area contributed by atoms with Gasteiger partial charge in [-0.3, -0.25) is 0 Å². The first-order valence-electron chi connectivity index (χ1n) is 4.72. The zero-order valence-corrected chi connectivity index (χ0v) is 8.08. The Kier molecular flexibility index (Phi) is 2.04. The van der Waals surface area contributed by atoms with Gasteiger partial charge in [0.25, 0.3) is 0 Å². The van der Waals surface area contributed by atoms with Gasteiger partial charge >= 0.3 is 5.97 Å². The molecule has 3 heteroatoms. The van der Waals surface area contributed by atoms with Crippen LogP contribution in [0.4, 0.5) is 0 Å². The van der Waals surface area contributed by atoms with E-state index in [2.05, 4.69) is 0 Å². The third-order valence-electron chi connectivity index (χ3n) is 2.76. The molecule has 3 N–H and O–H groups in total. The van der Waals surface area contributed by atoms with E-state index in [1.54, 1.807) is 6.07 Å². The summed E-state index contributed by atoms with van der Waals surface area (Å²) >= 11 is 0. The predicted molar refractivity (Wildman–Crippen MR) is 53.4 cm³/mol. The van der Waals surface area contributed by atoms with Gasteiger partial charge in [0.1, 0.15) is 0 Å². The summed E-state index contributed by atoms with van der Waals surface area (Å²) in [4.78, 5) is 11.0. The van der Waals surface area contributed by atoms with Crippen molar-refractivity contribution in [3.8, 4) is 0 Å². The predicted octanol–water partition coefficient (Wildman–Crippen LogP) is 1.64. The maximum absolute atomic E-state index is 11.0. The van der Waals surface area contributed by atoms with Gasteiger partial charge in [-0.05, 0) is 42.5 Å². The lowest BCUT2D eigenvalue weighted by atomic mass is 9.99. The first-order valence-corrected chi connectivity index (χ1v) is 4.72. The molecule has 0 bridgehead atoms. The molecule has 0 aromatic heterocycles. The summed E-state index contributed by atoms with van der Waals surface area (Å²) in [6, 6.07) is 3.74. The van der Waals surface area contributed by atoms with Crippen LogP contribution in [0.2, 0.25) is 0 Å². The van der Waals surface area contributed by atoms with Crippen molar-refractivity contribution in [3.63, 3.8) is 0 Å². The molecule has 0 saturated heterocycles. The molecule has 74 valence electrons. The van der Waals surface area contributed by atoms with Crippen molar-refractivity contribution in [2.45, 2.75) is 25.8 Å². The van der Waals surface area contributed by atoms with Crippen molar-refractivity contribution in [1.29, 1.82) is 0 Å². The number of carboxylic acids is 1. The van der Waals surface area contributed by atoms with E-state index in [1.807, 2.05) is 13.0 Å². The number of carboxylic acid groups (broad SMARTS) is 1. The number of hydrogen-bond donors (Lipinski definition) is 2. The first kappa shape index (κ1) is 9.21. The molecule has 0 fully saturated rings. The van der Waals surface area contributed by atoms with Gasteiger partial charge < -0.3 is 10.8 Å². The van der Waals surface area contributed by atoms with E-state index in [0.29, 0.717) is 5.56 Å². The molecule has 0 heterocycles. The average Bonchev–Trinajstić information content (AvgIpc) is 2.47. The number of rotatable bonds is 1. The molecule has 0 spiro atoms. The zero-order chi connectivity index (χ0) is 10.3. The van der Waals surface area contributed by atoms with Crippen LogP contribution in [0.3, 0.4) is 0 Å². The number of hydrogen-bond acceptors (Lipinski definition) is 2.